The van der Waals surface area contributed by atoms with E-state index in [2.05, 4.69) is 44.1 Å². The molecule has 0 atom stereocenters. The van der Waals surface area contributed by atoms with Crippen molar-refractivity contribution < 1.29 is 9.53 Å². The van der Waals surface area contributed by atoms with E-state index in [1.807, 2.05) is 23.1 Å². The molecule has 2 aromatic heterocycles. The van der Waals surface area contributed by atoms with E-state index in [-0.39, 0.29) is 5.91 Å². The lowest BCUT2D eigenvalue weighted by atomic mass is 10.2. The minimum Gasteiger partial charge on any atom is -0.383 e. The molecule has 1 aliphatic rings. The van der Waals surface area contributed by atoms with E-state index in [0.29, 0.717) is 12.2 Å². The fourth-order valence-corrected chi connectivity index (χ4v) is 3.57. The highest BCUT2D eigenvalue weighted by Gasteiger charge is 2.23. The van der Waals surface area contributed by atoms with Crippen LogP contribution in [0.1, 0.15) is 16.2 Å². The monoisotopic (exact) mass is 367 g/mol. The Balaban J connectivity index is 1.38. The molecule has 3 aromatic rings. The van der Waals surface area contributed by atoms with Crippen LogP contribution in [0.4, 0.5) is 0 Å². The van der Waals surface area contributed by atoms with Crippen molar-refractivity contribution in [1.82, 2.24) is 24.6 Å². The Morgan fingerprint density at radius 3 is 2.81 bits per heavy atom. The highest BCUT2D eigenvalue weighted by Crippen LogP contribution is 2.17. The van der Waals surface area contributed by atoms with Gasteiger partial charge >= 0.3 is 0 Å². The summed E-state index contributed by atoms with van der Waals surface area (Å²) in [5, 5.41) is 8.49. The molecule has 0 bridgehead atoms. The number of hydrogen-bond donors (Lipinski definition) is 1. The molecule has 142 valence electrons. The summed E-state index contributed by atoms with van der Waals surface area (Å²) in [6.07, 6.45) is 2.06. The molecule has 0 unspecified atom stereocenters. The average molecular weight is 367 g/mol. The Morgan fingerprint density at radius 1 is 1.19 bits per heavy atom. The highest BCUT2D eigenvalue weighted by molar-refractivity contribution is 5.92. The van der Waals surface area contributed by atoms with Gasteiger partial charge in [-0.3, -0.25) is 14.8 Å². The average Bonchev–Trinajstić information content (AvgIpc) is 3.34. The molecule has 0 spiro atoms. The fraction of sp³-hybridized carbons (Fsp3) is 0.400. The summed E-state index contributed by atoms with van der Waals surface area (Å²) < 4.78 is 7.28. The summed E-state index contributed by atoms with van der Waals surface area (Å²) in [6.45, 7) is 5.52. The summed E-state index contributed by atoms with van der Waals surface area (Å²) in [5.41, 5.74) is 2.59. The lowest BCUT2D eigenvalue weighted by molar-refractivity contribution is 0.0589. The third-order valence-electron chi connectivity index (χ3n) is 5.14. The number of rotatable bonds is 6. The molecule has 7 heteroatoms. The van der Waals surface area contributed by atoms with Gasteiger partial charge in [0.2, 0.25) is 0 Å². The van der Waals surface area contributed by atoms with Gasteiger partial charge in [-0.1, -0.05) is 18.2 Å². The second-order valence-electron chi connectivity index (χ2n) is 6.91. The maximum atomic E-state index is 12.7. The minimum atomic E-state index is 0.00116. The number of fused-ring (bicyclic) bond motifs is 1. The lowest BCUT2D eigenvalue weighted by Crippen LogP contribution is -2.49. The number of hydrogen-bond acceptors (Lipinski definition) is 4. The number of methoxy groups -OCH3 is 1. The first-order valence-electron chi connectivity index (χ1n) is 9.33. The van der Waals surface area contributed by atoms with Gasteiger partial charge in [-0.25, -0.2) is 0 Å². The zero-order valence-electron chi connectivity index (χ0n) is 15.6. The number of ether oxygens (including phenoxy) is 1. The number of H-pyrrole nitrogens is 1. The van der Waals surface area contributed by atoms with Crippen LogP contribution >= 0.6 is 0 Å². The fourth-order valence-electron chi connectivity index (χ4n) is 3.57. The Kier molecular flexibility index (Phi) is 5.22. The van der Waals surface area contributed by atoms with Crippen LogP contribution in [0.15, 0.2) is 42.6 Å². The Morgan fingerprint density at radius 2 is 2.00 bits per heavy atom. The highest BCUT2D eigenvalue weighted by atomic mass is 16.5. The van der Waals surface area contributed by atoms with Crippen molar-refractivity contribution in [3.8, 4) is 0 Å². The second kappa shape index (κ2) is 7.94. The van der Waals surface area contributed by atoms with Crippen LogP contribution in [0.3, 0.4) is 0 Å². The van der Waals surface area contributed by atoms with E-state index < -0.39 is 0 Å². The van der Waals surface area contributed by atoms with Gasteiger partial charge in [-0.05, 0) is 23.6 Å². The zero-order valence-corrected chi connectivity index (χ0v) is 15.6. The normalized spacial score (nSPS) is 15.5. The van der Waals surface area contributed by atoms with Crippen molar-refractivity contribution in [2.45, 2.75) is 6.54 Å². The second-order valence-corrected chi connectivity index (χ2v) is 6.91. The zero-order chi connectivity index (χ0) is 18.6. The maximum Gasteiger partial charge on any atom is 0.274 e. The molecule has 3 heterocycles. The van der Waals surface area contributed by atoms with Gasteiger partial charge in [0.15, 0.2) is 0 Å². The van der Waals surface area contributed by atoms with E-state index >= 15 is 0 Å². The number of aromatic nitrogens is 3. The molecular formula is C20H25N5O2. The number of amides is 1. The minimum absolute atomic E-state index is 0.00116. The van der Waals surface area contributed by atoms with Crippen molar-refractivity contribution >= 4 is 16.8 Å². The molecule has 1 aromatic carbocycles. The molecule has 0 aliphatic carbocycles. The van der Waals surface area contributed by atoms with E-state index in [1.165, 1.54) is 10.9 Å². The van der Waals surface area contributed by atoms with Gasteiger partial charge in [0, 0.05) is 51.5 Å². The van der Waals surface area contributed by atoms with Crippen molar-refractivity contribution in [3.05, 3.63) is 54.0 Å². The number of carbonyl (C=O) groups excluding carboxylic acids is 1. The van der Waals surface area contributed by atoms with E-state index in [4.69, 9.17) is 4.74 Å². The molecule has 27 heavy (non-hydrogen) atoms. The van der Waals surface area contributed by atoms with Crippen molar-refractivity contribution in [2.75, 3.05) is 46.4 Å². The smallest absolute Gasteiger partial charge is 0.274 e. The van der Waals surface area contributed by atoms with Crippen LogP contribution in [0, 0.1) is 0 Å². The molecule has 1 amide bonds. The molecule has 0 saturated carbocycles. The number of piperazine rings is 1. The van der Waals surface area contributed by atoms with Crippen LogP contribution in [-0.4, -0.2) is 76.9 Å². The predicted molar refractivity (Wildman–Crippen MR) is 104 cm³/mol. The first-order valence-corrected chi connectivity index (χ1v) is 9.33. The van der Waals surface area contributed by atoms with Gasteiger partial charge in [0.25, 0.3) is 5.91 Å². The van der Waals surface area contributed by atoms with Gasteiger partial charge in [0.05, 0.1) is 18.8 Å². The standard InChI is InChI=1S/C20H25N5O2/c1-27-13-12-23-8-10-24(11-9-23)20(26)18-14-17(21-22-18)15-25-7-6-16-4-2-3-5-19(16)25/h2-7,14H,8-13,15H2,1H3,(H,21,22). The Hall–Kier alpha value is -2.64. The van der Waals surface area contributed by atoms with Crippen molar-refractivity contribution in [1.29, 1.82) is 0 Å². The van der Waals surface area contributed by atoms with Crippen LogP contribution in [-0.2, 0) is 11.3 Å². The summed E-state index contributed by atoms with van der Waals surface area (Å²) in [6, 6.07) is 12.2. The third kappa shape index (κ3) is 3.89. The molecule has 4 rings (SSSR count). The predicted octanol–water partition coefficient (Wildman–Crippen LogP) is 1.82. The van der Waals surface area contributed by atoms with Gasteiger partial charge in [0.1, 0.15) is 5.69 Å². The van der Waals surface area contributed by atoms with Crippen molar-refractivity contribution in [3.63, 3.8) is 0 Å². The summed E-state index contributed by atoms with van der Waals surface area (Å²) in [4.78, 5) is 16.9. The van der Waals surface area contributed by atoms with E-state index in [9.17, 15) is 4.79 Å². The van der Waals surface area contributed by atoms with Gasteiger partial charge < -0.3 is 14.2 Å². The van der Waals surface area contributed by atoms with Gasteiger partial charge in [-0.2, -0.15) is 5.10 Å². The molecule has 1 aliphatic heterocycles. The first-order chi connectivity index (χ1) is 13.2. The van der Waals surface area contributed by atoms with E-state index in [1.54, 1.807) is 7.11 Å². The third-order valence-corrected chi connectivity index (χ3v) is 5.14. The largest absolute Gasteiger partial charge is 0.383 e. The number of aromatic amines is 1. The molecule has 0 radical (unpaired) electrons. The van der Waals surface area contributed by atoms with Crippen LogP contribution in [0.25, 0.3) is 10.9 Å². The van der Waals surface area contributed by atoms with E-state index in [0.717, 1.165) is 45.0 Å². The lowest BCUT2D eigenvalue weighted by Gasteiger charge is -2.34. The first kappa shape index (κ1) is 17.8. The number of benzene rings is 1. The number of carbonyl (C=O) groups is 1. The number of para-hydroxylation sites is 1. The maximum absolute atomic E-state index is 12.7. The van der Waals surface area contributed by atoms with Crippen LogP contribution in [0.5, 0.6) is 0 Å². The quantitative estimate of drug-likeness (QED) is 0.722. The number of nitrogens with one attached hydrogen (secondary N) is 1. The number of nitrogens with zero attached hydrogens (tertiary/aromatic N) is 4. The Bertz CT molecular complexity index is 908. The molecule has 1 N–H and O–H groups in total. The summed E-state index contributed by atoms with van der Waals surface area (Å²) in [5.74, 6) is 0.00116. The SMILES string of the molecule is COCCN1CCN(C(=O)c2cc(Cn3ccc4ccccc43)[nH]n2)CC1. The molecular weight excluding hydrogens is 342 g/mol. The van der Waals surface area contributed by atoms with Crippen molar-refractivity contribution in [2.24, 2.45) is 0 Å². The van der Waals surface area contributed by atoms with Crippen LogP contribution in [0.2, 0.25) is 0 Å². The molecule has 1 saturated heterocycles. The van der Waals surface area contributed by atoms with Crippen LogP contribution < -0.4 is 0 Å². The summed E-state index contributed by atoms with van der Waals surface area (Å²) in [7, 11) is 1.71. The Labute approximate surface area is 158 Å². The molecule has 7 nitrogen and oxygen atoms in total. The topological polar surface area (TPSA) is 66.4 Å². The molecule has 1 fully saturated rings. The van der Waals surface area contributed by atoms with Gasteiger partial charge in [-0.15, -0.1) is 0 Å². The summed E-state index contributed by atoms with van der Waals surface area (Å²) >= 11 is 0.